The van der Waals surface area contributed by atoms with Gasteiger partial charge in [0.15, 0.2) is 0 Å². The first kappa shape index (κ1) is 16.4. The number of nitrogens with zero attached hydrogens (tertiary/aromatic N) is 1. The Labute approximate surface area is 120 Å². The molecule has 2 nitrogen and oxygen atoms in total. The summed E-state index contributed by atoms with van der Waals surface area (Å²) < 4.78 is 54.5. The zero-order chi connectivity index (χ0) is 14.8. The van der Waals surface area contributed by atoms with Crippen LogP contribution in [-0.2, 0) is 11.0 Å². The summed E-state index contributed by atoms with van der Waals surface area (Å²) in [6.45, 7) is 4.81. The summed E-state index contributed by atoms with van der Waals surface area (Å²) in [5, 5.41) is 0. The Morgan fingerprint density at radius 1 is 1.37 bits per heavy atom. The van der Waals surface area contributed by atoms with E-state index < -0.39 is 33.7 Å². The Morgan fingerprint density at radius 2 is 1.95 bits per heavy atom. The molecule has 7 heteroatoms. The first-order valence-corrected chi connectivity index (χ1v) is 7.27. The van der Waals surface area contributed by atoms with Crippen LogP contribution in [0.3, 0.4) is 0 Å². The first-order valence-electron chi connectivity index (χ1n) is 5.37. The Balaban J connectivity index is 3.33. The van der Waals surface area contributed by atoms with Crippen LogP contribution < -0.4 is 0 Å². The Morgan fingerprint density at radius 3 is 2.42 bits per heavy atom. The Kier molecular flexibility index (Phi) is 5.32. The second kappa shape index (κ2) is 6.17. The molecule has 1 aromatic rings. The van der Waals surface area contributed by atoms with Crippen molar-refractivity contribution >= 4 is 32.6 Å². The zero-order valence-electron chi connectivity index (χ0n) is 10.6. The van der Waals surface area contributed by atoms with Gasteiger partial charge in [-0.05, 0) is 39.0 Å². The molecular formula is C12H13BrF3NOS. The highest BCUT2D eigenvalue weighted by molar-refractivity contribution is 9.10. The van der Waals surface area contributed by atoms with Crippen molar-refractivity contribution < 1.29 is 17.4 Å². The molecule has 0 aliphatic carbocycles. The van der Waals surface area contributed by atoms with Gasteiger partial charge in [0.2, 0.25) is 0 Å². The van der Waals surface area contributed by atoms with Crippen molar-refractivity contribution in [2.24, 2.45) is 4.40 Å². The van der Waals surface area contributed by atoms with Crippen LogP contribution >= 0.6 is 15.9 Å². The minimum atomic E-state index is -3.00. The predicted molar refractivity (Wildman–Crippen MR) is 74.5 cm³/mol. The molecule has 0 saturated carbocycles. The Bertz CT molecular complexity index is 526. The van der Waals surface area contributed by atoms with Gasteiger partial charge in [-0.3, -0.25) is 0 Å². The molecule has 0 aromatic heterocycles. The van der Waals surface area contributed by atoms with E-state index in [9.17, 15) is 17.4 Å². The number of hydrogen-bond donors (Lipinski definition) is 0. The van der Waals surface area contributed by atoms with E-state index in [-0.39, 0.29) is 5.56 Å². The third-order valence-corrected chi connectivity index (χ3v) is 4.02. The number of rotatable bonds is 3. The summed E-state index contributed by atoms with van der Waals surface area (Å²) >= 11 is 3.08. The van der Waals surface area contributed by atoms with Gasteiger partial charge in [-0.2, -0.15) is 4.40 Å². The molecule has 0 amide bonds. The predicted octanol–water partition coefficient (Wildman–Crippen LogP) is 4.10. The van der Waals surface area contributed by atoms with Crippen molar-refractivity contribution in [2.45, 2.75) is 31.9 Å². The van der Waals surface area contributed by atoms with Crippen molar-refractivity contribution in [1.82, 2.24) is 0 Å². The van der Waals surface area contributed by atoms with Crippen molar-refractivity contribution in [2.75, 3.05) is 0 Å². The van der Waals surface area contributed by atoms with Crippen LogP contribution in [0, 0.1) is 5.82 Å². The normalized spacial score (nSPS) is 14.8. The number of alkyl halides is 2. The quantitative estimate of drug-likeness (QED) is 0.750. The molecular weight excluding hydrogens is 343 g/mol. The van der Waals surface area contributed by atoms with E-state index in [2.05, 4.69) is 20.3 Å². The van der Waals surface area contributed by atoms with Gasteiger partial charge in [0.05, 0.1) is 4.75 Å². The van der Waals surface area contributed by atoms with Crippen LogP contribution in [0.2, 0.25) is 0 Å². The highest BCUT2D eigenvalue weighted by atomic mass is 79.9. The van der Waals surface area contributed by atoms with Crippen LogP contribution in [-0.4, -0.2) is 21.1 Å². The monoisotopic (exact) mass is 355 g/mol. The van der Waals surface area contributed by atoms with E-state index in [0.717, 1.165) is 6.07 Å². The lowest BCUT2D eigenvalue weighted by atomic mass is 10.1. The lowest BCUT2D eigenvalue weighted by Crippen LogP contribution is -2.23. The van der Waals surface area contributed by atoms with E-state index in [1.165, 1.54) is 12.1 Å². The van der Waals surface area contributed by atoms with E-state index in [1.807, 2.05) is 0 Å². The second-order valence-corrected chi connectivity index (χ2v) is 7.58. The van der Waals surface area contributed by atoms with E-state index in [4.69, 9.17) is 0 Å². The fraction of sp³-hybridized carbons (Fsp3) is 0.417. The van der Waals surface area contributed by atoms with Crippen molar-refractivity contribution in [1.29, 1.82) is 0 Å². The molecule has 19 heavy (non-hydrogen) atoms. The molecule has 106 valence electrons. The van der Waals surface area contributed by atoms with Crippen LogP contribution in [0.4, 0.5) is 13.2 Å². The molecule has 1 rings (SSSR count). The highest BCUT2D eigenvalue weighted by Crippen LogP contribution is 2.21. The van der Waals surface area contributed by atoms with Crippen LogP contribution in [0.15, 0.2) is 27.1 Å². The smallest absolute Gasteiger partial charge is 0.234 e. The zero-order valence-corrected chi connectivity index (χ0v) is 13.0. The maximum atomic E-state index is 13.6. The minimum absolute atomic E-state index is 0.345. The fourth-order valence-corrected chi connectivity index (χ4v) is 2.12. The molecule has 0 bridgehead atoms. The molecule has 0 N–H and O–H groups in total. The van der Waals surface area contributed by atoms with E-state index in [1.54, 1.807) is 20.8 Å². The standard InChI is InChI=1S/C12H13BrF3NOS/c1-12(2,3)19(18)17-10(11(15)16)8-6-7(13)4-5-9(8)14/h4-6,11H,1-3H3/t19-/m0/s1. The molecule has 0 radical (unpaired) electrons. The van der Waals surface area contributed by atoms with Crippen molar-refractivity contribution in [3.63, 3.8) is 0 Å². The van der Waals surface area contributed by atoms with Crippen LogP contribution in [0.5, 0.6) is 0 Å². The topological polar surface area (TPSA) is 29.4 Å². The molecule has 0 saturated heterocycles. The average Bonchev–Trinajstić information content (AvgIpc) is 2.27. The molecule has 0 unspecified atom stereocenters. The number of hydrogen-bond acceptors (Lipinski definition) is 1. The first-order chi connectivity index (χ1) is 8.62. The molecule has 0 fully saturated rings. The van der Waals surface area contributed by atoms with Gasteiger partial charge in [-0.25, -0.2) is 17.4 Å². The van der Waals surface area contributed by atoms with Crippen molar-refractivity contribution in [3.8, 4) is 0 Å². The van der Waals surface area contributed by atoms with Gasteiger partial charge in [0.25, 0.3) is 6.43 Å². The number of halogens is 4. The summed E-state index contributed by atoms with van der Waals surface area (Å²) in [7, 11) is -1.88. The van der Waals surface area contributed by atoms with Crippen molar-refractivity contribution in [3.05, 3.63) is 34.1 Å². The van der Waals surface area contributed by atoms with Gasteiger partial charge < -0.3 is 0 Å². The maximum Gasteiger partial charge on any atom is 0.281 e. The molecule has 0 aliphatic heterocycles. The van der Waals surface area contributed by atoms with Gasteiger partial charge in [0, 0.05) is 10.0 Å². The van der Waals surface area contributed by atoms with Gasteiger partial charge in [0.1, 0.15) is 22.5 Å². The summed E-state index contributed by atoms with van der Waals surface area (Å²) in [5.41, 5.74) is -1.14. The average molecular weight is 356 g/mol. The summed E-state index contributed by atoms with van der Waals surface area (Å²) in [6, 6.07) is 3.64. The van der Waals surface area contributed by atoms with Gasteiger partial charge in [-0.15, -0.1) is 0 Å². The molecule has 0 spiro atoms. The maximum absolute atomic E-state index is 13.6. The van der Waals surface area contributed by atoms with Crippen LogP contribution in [0.1, 0.15) is 26.3 Å². The van der Waals surface area contributed by atoms with E-state index in [0.29, 0.717) is 4.47 Å². The van der Waals surface area contributed by atoms with Gasteiger partial charge >= 0.3 is 0 Å². The largest absolute Gasteiger partial charge is 0.281 e. The lowest BCUT2D eigenvalue weighted by molar-refractivity contribution is 0.226. The molecule has 1 atom stereocenters. The van der Waals surface area contributed by atoms with Gasteiger partial charge in [-0.1, -0.05) is 15.9 Å². The third kappa shape index (κ3) is 4.42. The lowest BCUT2D eigenvalue weighted by Gasteiger charge is -2.15. The molecule has 1 aromatic carbocycles. The van der Waals surface area contributed by atoms with Crippen LogP contribution in [0.25, 0.3) is 0 Å². The number of benzene rings is 1. The van der Waals surface area contributed by atoms with E-state index >= 15 is 0 Å². The molecule has 0 heterocycles. The molecule has 0 aliphatic rings. The minimum Gasteiger partial charge on any atom is -0.234 e. The SMILES string of the molecule is CC(C)(C)[S@](=O)N=C(c1cc(Br)ccc1F)C(F)F. The second-order valence-electron chi connectivity index (χ2n) is 4.76. The Hall–Kier alpha value is -0.690. The summed E-state index contributed by atoms with van der Waals surface area (Å²) in [5.74, 6) is -0.826. The highest BCUT2D eigenvalue weighted by Gasteiger charge is 2.25. The summed E-state index contributed by atoms with van der Waals surface area (Å²) in [4.78, 5) is 0. The third-order valence-electron chi connectivity index (χ3n) is 2.12. The fourth-order valence-electron chi connectivity index (χ4n) is 1.13. The summed E-state index contributed by atoms with van der Waals surface area (Å²) in [6.07, 6.45) is -3.00.